The molecular weight excluding hydrogens is 342 g/mol. The first-order valence-corrected chi connectivity index (χ1v) is 9.76. The van der Waals surface area contributed by atoms with Crippen LogP contribution in [0, 0.1) is 5.92 Å². The summed E-state index contributed by atoms with van der Waals surface area (Å²) in [4.78, 5) is 33.2. The van der Waals surface area contributed by atoms with Gasteiger partial charge < -0.3 is 9.80 Å². The minimum Gasteiger partial charge on any atom is -0.339 e. The molecule has 7 nitrogen and oxygen atoms in total. The van der Waals surface area contributed by atoms with E-state index in [1.54, 1.807) is 23.4 Å². The lowest BCUT2D eigenvalue weighted by Crippen LogP contribution is -2.52. The Labute approximate surface area is 158 Å². The molecule has 0 spiro atoms. The summed E-state index contributed by atoms with van der Waals surface area (Å²) in [6, 6.07) is 5.51. The third-order valence-corrected chi connectivity index (χ3v) is 5.60. The first-order valence-electron chi connectivity index (χ1n) is 9.76. The number of aromatic nitrogens is 3. The van der Waals surface area contributed by atoms with Crippen LogP contribution in [0.25, 0.3) is 11.3 Å². The van der Waals surface area contributed by atoms with Crippen molar-refractivity contribution >= 4 is 11.8 Å². The molecule has 1 saturated heterocycles. The van der Waals surface area contributed by atoms with E-state index in [1.807, 2.05) is 17.0 Å². The Morgan fingerprint density at radius 3 is 2.48 bits per heavy atom. The van der Waals surface area contributed by atoms with Gasteiger partial charge in [0.25, 0.3) is 5.91 Å². The maximum atomic E-state index is 12.8. The van der Waals surface area contributed by atoms with Gasteiger partial charge in [-0.05, 0) is 31.0 Å². The summed E-state index contributed by atoms with van der Waals surface area (Å²) >= 11 is 0. The Bertz CT molecular complexity index is 790. The lowest BCUT2D eigenvalue weighted by atomic mass is 9.88. The SMILES string of the molecule is O=C(c1cc(-c2cccnc2)n[nH]1)N1CCN(C(=O)C2CCCCC2)CC1. The second-order valence-electron chi connectivity index (χ2n) is 7.36. The van der Waals surface area contributed by atoms with Crippen LogP contribution in [0.4, 0.5) is 0 Å². The molecule has 2 aliphatic rings. The van der Waals surface area contributed by atoms with Gasteiger partial charge in [0.05, 0.1) is 5.69 Å². The number of nitrogens with zero attached hydrogens (tertiary/aromatic N) is 4. The topological polar surface area (TPSA) is 82.2 Å². The van der Waals surface area contributed by atoms with Gasteiger partial charge >= 0.3 is 0 Å². The molecule has 2 amide bonds. The van der Waals surface area contributed by atoms with Crippen LogP contribution in [0.3, 0.4) is 0 Å². The second kappa shape index (κ2) is 7.90. The van der Waals surface area contributed by atoms with Crippen molar-refractivity contribution in [1.29, 1.82) is 0 Å². The van der Waals surface area contributed by atoms with Gasteiger partial charge in [0.2, 0.25) is 5.91 Å². The quantitative estimate of drug-likeness (QED) is 0.903. The zero-order chi connectivity index (χ0) is 18.6. The predicted octanol–water partition coefficient (Wildman–Crippen LogP) is 2.34. The molecule has 1 saturated carbocycles. The molecule has 2 aromatic rings. The van der Waals surface area contributed by atoms with Gasteiger partial charge in [-0.25, -0.2) is 0 Å². The van der Waals surface area contributed by atoms with E-state index in [9.17, 15) is 9.59 Å². The Morgan fingerprint density at radius 1 is 1.04 bits per heavy atom. The highest BCUT2D eigenvalue weighted by molar-refractivity contribution is 5.93. The molecule has 1 aliphatic carbocycles. The first-order chi connectivity index (χ1) is 13.2. The summed E-state index contributed by atoms with van der Waals surface area (Å²) < 4.78 is 0. The summed E-state index contributed by atoms with van der Waals surface area (Å²) in [5.41, 5.74) is 2.05. The van der Waals surface area contributed by atoms with Crippen LogP contribution in [0.2, 0.25) is 0 Å². The lowest BCUT2D eigenvalue weighted by molar-refractivity contribution is -0.138. The van der Waals surface area contributed by atoms with Crippen molar-refractivity contribution in [2.75, 3.05) is 26.2 Å². The number of hydrogen-bond acceptors (Lipinski definition) is 4. The highest BCUT2D eigenvalue weighted by atomic mass is 16.2. The van der Waals surface area contributed by atoms with Gasteiger partial charge in [0.1, 0.15) is 5.69 Å². The zero-order valence-electron chi connectivity index (χ0n) is 15.4. The number of hydrogen-bond donors (Lipinski definition) is 1. The number of nitrogens with one attached hydrogen (secondary N) is 1. The molecule has 0 bridgehead atoms. The third-order valence-electron chi connectivity index (χ3n) is 5.60. The average Bonchev–Trinajstić information content (AvgIpc) is 3.24. The summed E-state index contributed by atoms with van der Waals surface area (Å²) in [7, 11) is 0. The van der Waals surface area contributed by atoms with Crippen molar-refractivity contribution in [2.45, 2.75) is 32.1 Å². The van der Waals surface area contributed by atoms with Gasteiger partial charge in [-0.1, -0.05) is 19.3 Å². The largest absolute Gasteiger partial charge is 0.339 e. The molecule has 4 rings (SSSR count). The van der Waals surface area contributed by atoms with E-state index in [4.69, 9.17) is 0 Å². The number of H-pyrrole nitrogens is 1. The van der Waals surface area contributed by atoms with Crippen molar-refractivity contribution < 1.29 is 9.59 Å². The van der Waals surface area contributed by atoms with Gasteiger partial charge in [-0.15, -0.1) is 0 Å². The molecule has 7 heteroatoms. The van der Waals surface area contributed by atoms with E-state index in [-0.39, 0.29) is 17.7 Å². The first kappa shape index (κ1) is 17.7. The normalized spacial score (nSPS) is 18.5. The summed E-state index contributed by atoms with van der Waals surface area (Å²) in [5, 5.41) is 7.07. The van der Waals surface area contributed by atoms with Crippen LogP contribution in [0.5, 0.6) is 0 Å². The van der Waals surface area contributed by atoms with Gasteiger partial charge in [-0.3, -0.25) is 19.7 Å². The van der Waals surface area contributed by atoms with Crippen LogP contribution in [-0.2, 0) is 4.79 Å². The van der Waals surface area contributed by atoms with Gasteiger partial charge in [-0.2, -0.15) is 5.10 Å². The van der Waals surface area contributed by atoms with E-state index in [1.165, 1.54) is 6.42 Å². The zero-order valence-corrected chi connectivity index (χ0v) is 15.4. The number of piperazine rings is 1. The maximum absolute atomic E-state index is 12.8. The van der Waals surface area contributed by atoms with Crippen LogP contribution in [0.15, 0.2) is 30.6 Å². The van der Waals surface area contributed by atoms with E-state index >= 15 is 0 Å². The van der Waals surface area contributed by atoms with Crippen molar-refractivity contribution in [3.8, 4) is 11.3 Å². The molecule has 2 aromatic heterocycles. The molecular formula is C20H25N5O2. The van der Waals surface area contributed by atoms with E-state index in [0.29, 0.717) is 37.6 Å². The number of rotatable bonds is 3. The fourth-order valence-corrected chi connectivity index (χ4v) is 4.00. The fraction of sp³-hybridized carbons (Fsp3) is 0.500. The van der Waals surface area contributed by atoms with Crippen molar-refractivity contribution in [3.63, 3.8) is 0 Å². The number of pyridine rings is 1. The third kappa shape index (κ3) is 3.86. The number of carbonyl (C=O) groups is 2. The highest BCUT2D eigenvalue weighted by Crippen LogP contribution is 2.26. The molecule has 27 heavy (non-hydrogen) atoms. The van der Waals surface area contributed by atoms with Crippen LogP contribution >= 0.6 is 0 Å². The van der Waals surface area contributed by atoms with Gasteiger partial charge in [0, 0.05) is 50.1 Å². The standard InChI is InChI=1S/C20H25N5O2/c26-19(15-5-2-1-3-6-15)24-9-11-25(12-10-24)20(27)18-13-17(22-23-18)16-7-4-8-21-14-16/h4,7-8,13-15H,1-3,5-6,9-12H2,(H,22,23). The van der Waals surface area contributed by atoms with E-state index < -0.39 is 0 Å². The monoisotopic (exact) mass is 367 g/mol. The fourth-order valence-electron chi connectivity index (χ4n) is 4.00. The molecule has 2 fully saturated rings. The van der Waals surface area contributed by atoms with Crippen molar-refractivity contribution in [2.24, 2.45) is 5.92 Å². The molecule has 0 unspecified atom stereocenters. The molecule has 3 heterocycles. The molecule has 0 radical (unpaired) electrons. The van der Waals surface area contributed by atoms with Gasteiger partial charge in [0.15, 0.2) is 0 Å². The summed E-state index contributed by atoms with van der Waals surface area (Å²) in [6.07, 6.45) is 9.03. The smallest absolute Gasteiger partial charge is 0.272 e. The average molecular weight is 367 g/mol. The minimum atomic E-state index is -0.0672. The number of amides is 2. The Morgan fingerprint density at radius 2 is 1.78 bits per heavy atom. The maximum Gasteiger partial charge on any atom is 0.272 e. The Balaban J connectivity index is 1.35. The Kier molecular flexibility index (Phi) is 5.18. The Hall–Kier alpha value is -2.70. The van der Waals surface area contributed by atoms with Crippen molar-refractivity contribution in [3.05, 3.63) is 36.3 Å². The molecule has 142 valence electrons. The number of aromatic amines is 1. The molecule has 0 atom stereocenters. The second-order valence-corrected chi connectivity index (χ2v) is 7.36. The van der Waals surface area contributed by atoms with E-state index in [2.05, 4.69) is 15.2 Å². The van der Waals surface area contributed by atoms with E-state index in [0.717, 1.165) is 31.2 Å². The van der Waals surface area contributed by atoms with Crippen LogP contribution < -0.4 is 0 Å². The summed E-state index contributed by atoms with van der Waals surface area (Å²) in [6.45, 7) is 2.37. The summed E-state index contributed by atoms with van der Waals surface area (Å²) in [5.74, 6) is 0.403. The van der Waals surface area contributed by atoms with Crippen LogP contribution in [-0.4, -0.2) is 63.0 Å². The highest BCUT2D eigenvalue weighted by Gasteiger charge is 2.30. The van der Waals surface area contributed by atoms with Crippen LogP contribution in [0.1, 0.15) is 42.6 Å². The minimum absolute atomic E-state index is 0.0672. The molecule has 0 aromatic carbocycles. The van der Waals surface area contributed by atoms with Crippen molar-refractivity contribution in [1.82, 2.24) is 25.0 Å². The molecule has 1 aliphatic heterocycles. The predicted molar refractivity (Wildman–Crippen MR) is 101 cm³/mol. The lowest BCUT2D eigenvalue weighted by Gasteiger charge is -2.37. The molecule has 1 N–H and O–H groups in total. The number of carbonyl (C=O) groups excluding carboxylic acids is 2.